The molecule has 1 amide bonds. The molecule has 2 rings (SSSR count). The van der Waals surface area contributed by atoms with Gasteiger partial charge in [0.2, 0.25) is 0 Å². The van der Waals surface area contributed by atoms with Crippen LogP contribution >= 0.6 is 11.3 Å². The van der Waals surface area contributed by atoms with Crippen LogP contribution in [0.2, 0.25) is 0 Å². The van der Waals surface area contributed by atoms with Crippen molar-refractivity contribution in [2.45, 2.75) is 45.1 Å². The summed E-state index contributed by atoms with van der Waals surface area (Å²) in [5.74, 6) is 0.346. The fourth-order valence-electron chi connectivity index (χ4n) is 2.71. The van der Waals surface area contributed by atoms with Gasteiger partial charge in [0.25, 0.3) is 5.91 Å². The zero-order valence-electron chi connectivity index (χ0n) is 11.0. The van der Waals surface area contributed by atoms with Gasteiger partial charge < -0.3 is 11.1 Å². The molecule has 0 radical (unpaired) electrons. The molecule has 0 saturated heterocycles. The summed E-state index contributed by atoms with van der Waals surface area (Å²) in [7, 11) is 0. The molecule has 0 bridgehead atoms. The summed E-state index contributed by atoms with van der Waals surface area (Å²) in [5.41, 5.74) is 6.20. The smallest absolute Gasteiger partial charge is 0.271 e. The molecule has 100 valence electrons. The van der Waals surface area contributed by atoms with Gasteiger partial charge in [0.05, 0.1) is 10.5 Å². The number of nitrogens with two attached hydrogens (primary N) is 1. The highest BCUT2D eigenvalue weighted by Gasteiger charge is 2.38. The molecular formula is C13H21N3OS. The Balaban J connectivity index is 2.12. The summed E-state index contributed by atoms with van der Waals surface area (Å²) in [6.45, 7) is 4.59. The first kappa shape index (κ1) is 13.5. The van der Waals surface area contributed by atoms with Gasteiger partial charge in [-0.2, -0.15) is 0 Å². The first-order valence-corrected chi connectivity index (χ1v) is 7.40. The maximum absolute atomic E-state index is 12.2. The van der Waals surface area contributed by atoms with Gasteiger partial charge >= 0.3 is 0 Å². The number of aromatic nitrogens is 1. The van der Waals surface area contributed by atoms with Crippen LogP contribution in [0.3, 0.4) is 0 Å². The molecule has 18 heavy (non-hydrogen) atoms. The number of nitrogens with one attached hydrogen (secondary N) is 1. The number of carbonyl (C=O) groups excluding carboxylic acids is 1. The quantitative estimate of drug-likeness (QED) is 0.881. The predicted molar refractivity (Wildman–Crippen MR) is 73.7 cm³/mol. The minimum atomic E-state index is -0.243. The second kappa shape index (κ2) is 5.36. The van der Waals surface area contributed by atoms with E-state index in [2.05, 4.69) is 17.2 Å². The molecule has 0 aliphatic heterocycles. The maximum Gasteiger partial charge on any atom is 0.271 e. The molecule has 1 saturated carbocycles. The fourth-order valence-corrected chi connectivity index (χ4v) is 3.30. The fraction of sp³-hybridized carbons (Fsp3) is 0.692. The Kier molecular flexibility index (Phi) is 4.02. The van der Waals surface area contributed by atoms with E-state index in [1.54, 1.807) is 0 Å². The highest BCUT2D eigenvalue weighted by molar-refractivity contribution is 7.09. The molecule has 4 nitrogen and oxygen atoms in total. The molecule has 3 N–H and O–H groups in total. The van der Waals surface area contributed by atoms with Gasteiger partial charge in [0.1, 0.15) is 5.69 Å². The van der Waals surface area contributed by atoms with Gasteiger partial charge in [-0.05, 0) is 25.7 Å². The van der Waals surface area contributed by atoms with E-state index >= 15 is 0 Å². The van der Waals surface area contributed by atoms with Gasteiger partial charge in [0, 0.05) is 11.9 Å². The largest absolute Gasteiger partial charge is 0.344 e. The zero-order chi connectivity index (χ0) is 13.2. The van der Waals surface area contributed by atoms with E-state index in [-0.39, 0.29) is 11.4 Å². The van der Waals surface area contributed by atoms with Crippen molar-refractivity contribution in [3.05, 3.63) is 16.1 Å². The average molecular weight is 267 g/mol. The summed E-state index contributed by atoms with van der Waals surface area (Å²) >= 11 is 1.50. The van der Waals surface area contributed by atoms with E-state index in [9.17, 15) is 4.79 Å². The molecule has 0 spiro atoms. The second-order valence-corrected chi connectivity index (χ2v) is 6.28. The lowest BCUT2D eigenvalue weighted by atomic mass is 9.73. The van der Waals surface area contributed by atoms with Crippen molar-refractivity contribution >= 4 is 17.2 Å². The third-order valence-electron chi connectivity index (χ3n) is 4.03. The van der Waals surface area contributed by atoms with Crippen LogP contribution in [0.15, 0.2) is 5.38 Å². The minimum absolute atomic E-state index is 0.0847. The van der Waals surface area contributed by atoms with E-state index in [4.69, 9.17) is 5.73 Å². The van der Waals surface area contributed by atoms with Crippen LogP contribution in [0.1, 0.15) is 48.1 Å². The Hall–Kier alpha value is -0.940. The SMILES string of the molecule is Cc1nc(C(=O)NC2(CN)CCCCC2C)cs1. The van der Waals surface area contributed by atoms with Crippen molar-refractivity contribution in [3.8, 4) is 0 Å². The summed E-state index contributed by atoms with van der Waals surface area (Å²) in [6.07, 6.45) is 4.47. The third kappa shape index (κ3) is 2.57. The first-order chi connectivity index (χ1) is 8.57. The maximum atomic E-state index is 12.2. The molecular weight excluding hydrogens is 246 g/mol. The van der Waals surface area contributed by atoms with E-state index in [1.165, 1.54) is 17.8 Å². The Labute approximate surface area is 112 Å². The highest BCUT2D eigenvalue weighted by Crippen LogP contribution is 2.33. The number of hydrogen-bond acceptors (Lipinski definition) is 4. The minimum Gasteiger partial charge on any atom is -0.344 e. The predicted octanol–water partition coefficient (Wildman–Crippen LogP) is 2.09. The Morgan fingerprint density at radius 3 is 3.00 bits per heavy atom. The lowest BCUT2D eigenvalue weighted by Gasteiger charge is -2.42. The topological polar surface area (TPSA) is 68.0 Å². The van der Waals surface area contributed by atoms with Crippen molar-refractivity contribution in [2.75, 3.05) is 6.54 Å². The lowest BCUT2D eigenvalue weighted by Crippen LogP contribution is -2.59. The number of carbonyl (C=O) groups is 1. The molecule has 1 aliphatic carbocycles. The van der Waals surface area contributed by atoms with Crippen LogP contribution in [0, 0.1) is 12.8 Å². The average Bonchev–Trinajstić information content (AvgIpc) is 2.79. The van der Waals surface area contributed by atoms with Crippen LogP contribution in [-0.4, -0.2) is 23.0 Å². The summed E-state index contributed by atoms with van der Waals surface area (Å²) in [6, 6.07) is 0. The van der Waals surface area contributed by atoms with Crippen LogP contribution in [-0.2, 0) is 0 Å². The molecule has 1 aromatic heterocycles. The number of hydrogen-bond donors (Lipinski definition) is 2. The van der Waals surface area contributed by atoms with Crippen LogP contribution in [0.25, 0.3) is 0 Å². The zero-order valence-corrected chi connectivity index (χ0v) is 11.8. The van der Waals surface area contributed by atoms with Gasteiger partial charge in [-0.25, -0.2) is 4.98 Å². The van der Waals surface area contributed by atoms with Crippen LogP contribution in [0.4, 0.5) is 0 Å². The molecule has 1 aromatic rings. The monoisotopic (exact) mass is 267 g/mol. The van der Waals surface area contributed by atoms with Gasteiger partial charge in [-0.3, -0.25) is 4.79 Å². The highest BCUT2D eigenvalue weighted by atomic mass is 32.1. The summed E-state index contributed by atoms with van der Waals surface area (Å²) in [5, 5.41) is 5.86. The number of thiazole rings is 1. The van der Waals surface area contributed by atoms with Crippen molar-refractivity contribution in [1.29, 1.82) is 0 Å². The molecule has 1 fully saturated rings. The number of rotatable bonds is 3. The molecule has 2 atom stereocenters. The lowest BCUT2D eigenvalue weighted by molar-refractivity contribution is 0.0808. The van der Waals surface area contributed by atoms with E-state index in [0.29, 0.717) is 18.2 Å². The summed E-state index contributed by atoms with van der Waals surface area (Å²) in [4.78, 5) is 16.4. The molecule has 0 aromatic carbocycles. The van der Waals surface area contributed by atoms with Crippen molar-refractivity contribution in [2.24, 2.45) is 11.7 Å². The standard InChI is InChI=1S/C13H21N3OS/c1-9-5-3-4-6-13(9,8-14)16-12(17)11-7-18-10(2)15-11/h7,9H,3-6,8,14H2,1-2H3,(H,16,17). The van der Waals surface area contributed by atoms with E-state index < -0.39 is 0 Å². The van der Waals surface area contributed by atoms with Crippen molar-refractivity contribution < 1.29 is 4.79 Å². The van der Waals surface area contributed by atoms with Gasteiger partial charge in [-0.15, -0.1) is 11.3 Å². The van der Waals surface area contributed by atoms with E-state index in [0.717, 1.165) is 24.3 Å². The Morgan fingerprint density at radius 1 is 1.67 bits per heavy atom. The molecule has 1 aliphatic rings. The number of nitrogens with zero attached hydrogens (tertiary/aromatic N) is 1. The molecule has 2 unspecified atom stereocenters. The second-order valence-electron chi connectivity index (χ2n) is 5.21. The first-order valence-electron chi connectivity index (χ1n) is 6.52. The van der Waals surface area contributed by atoms with Crippen LogP contribution in [0.5, 0.6) is 0 Å². The Morgan fingerprint density at radius 2 is 2.44 bits per heavy atom. The number of aryl methyl sites for hydroxylation is 1. The third-order valence-corrected chi connectivity index (χ3v) is 4.81. The molecule has 5 heteroatoms. The normalized spacial score (nSPS) is 28.1. The van der Waals surface area contributed by atoms with Crippen LogP contribution < -0.4 is 11.1 Å². The number of amides is 1. The van der Waals surface area contributed by atoms with Gasteiger partial charge in [-0.1, -0.05) is 19.8 Å². The van der Waals surface area contributed by atoms with Gasteiger partial charge in [0.15, 0.2) is 0 Å². The van der Waals surface area contributed by atoms with E-state index in [1.807, 2.05) is 12.3 Å². The van der Waals surface area contributed by atoms with Crippen molar-refractivity contribution in [3.63, 3.8) is 0 Å². The Bertz CT molecular complexity index is 432. The summed E-state index contributed by atoms with van der Waals surface area (Å²) < 4.78 is 0. The van der Waals surface area contributed by atoms with Crippen molar-refractivity contribution in [1.82, 2.24) is 10.3 Å². The molecule has 1 heterocycles.